The Bertz CT molecular complexity index is 232. The topological polar surface area (TPSA) is 46.6 Å². The molecule has 11 heavy (non-hydrogen) atoms. The lowest BCUT2D eigenvalue weighted by atomic mass is 9.80. The third-order valence-electron chi connectivity index (χ3n) is 2.41. The van der Waals surface area contributed by atoms with Gasteiger partial charge in [0.25, 0.3) is 5.91 Å². The van der Waals surface area contributed by atoms with Gasteiger partial charge in [-0.25, -0.2) is 9.69 Å². The van der Waals surface area contributed by atoms with Gasteiger partial charge in [-0.2, -0.15) is 0 Å². The van der Waals surface area contributed by atoms with Crippen LogP contribution in [0.5, 0.6) is 0 Å². The Hall–Kier alpha value is -1.06. The quantitative estimate of drug-likeness (QED) is 0.512. The summed E-state index contributed by atoms with van der Waals surface area (Å²) in [7, 11) is 1.46. The summed E-state index contributed by atoms with van der Waals surface area (Å²) < 4.78 is 4.95. The fourth-order valence-electron chi connectivity index (χ4n) is 1.48. The van der Waals surface area contributed by atoms with Crippen molar-refractivity contribution in [2.45, 2.75) is 24.9 Å². The van der Waals surface area contributed by atoms with Crippen LogP contribution in [0.2, 0.25) is 0 Å². The van der Waals surface area contributed by atoms with Crippen molar-refractivity contribution in [2.24, 2.45) is 0 Å². The molecule has 1 aliphatic heterocycles. The van der Waals surface area contributed by atoms with Crippen molar-refractivity contribution in [3.63, 3.8) is 0 Å². The number of amides is 2. The van der Waals surface area contributed by atoms with E-state index >= 15 is 0 Å². The van der Waals surface area contributed by atoms with E-state index in [4.69, 9.17) is 4.74 Å². The molecule has 1 spiro atoms. The number of likely N-dealkylation sites (N-methyl/N-ethyl adjacent to an activating group) is 1. The highest BCUT2D eigenvalue weighted by Gasteiger charge is 2.56. The Kier molecular flexibility index (Phi) is 1.06. The van der Waals surface area contributed by atoms with Gasteiger partial charge in [0.05, 0.1) is 0 Å². The van der Waals surface area contributed by atoms with Crippen LogP contribution in [0.3, 0.4) is 0 Å². The van der Waals surface area contributed by atoms with E-state index in [1.165, 1.54) is 7.05 Å². The Morgan fingerprint density at radius 3 is 2.27 bits per heavy atom. The van der Waals surface area contributed by atoms with Crippen LogP contribution in [0.15, 0.2) is 0 Å². The van der Waals surface area contributed by atoms with E-state index in [2.05, 4.69) is 0 Å². The molecule has 1 heterocycles. The zero-order chi connectivity index (χ0) is 8.06. The number of carbonyl (C=O) groups excluding carboxylic acids is 2. The summed E-state index contributed by atoms with van der Waals surface area (Å²) in [4.78, 5) is 23.2. The lowest BCUT2D eigenvalue weighted by Gasteiger charge is -2.32. The molecule has 2 aliphatic rings. The van der Waals surface area contributed by atoms with E-state index in [9.17, 15) is 9.59 Å². The van der Waals surface area contributed by atoms with Gasteiger partial charge in [0.2, 0.25) is 0 Å². The molecule has 0 aromatic heterocycles. The average Bonchev–Trinajstić information content (AvgIpc) is 2.12. The molecule has 4 nitrogen and oxygen atoms in total. The summed E-state index contributed by atoms with van der Waals surface area (Å²) in [5.74, 6) is -0.172. The third-order valence-corrected chi connectivity index (χ3v) is 2.41. The van der Waals surface area contributed by atoms with Crippen molar-refractivity contribution in [3.8, 4) is 0 Å². The smallest absolute Gasteiger partial charge is 0.417 e. The number of ether oxygens (including phenoxy) is 1. The van der Waals surface area contributed by atoms with E-state index in [-0.39, 0.29) is 5.91 Å². The van der Waals surface area contributed by atoms with E-state index < -0.39 is 11.7 Å². The van der Waals surface area contributed by atoms with E-state index in [1.54, 1.807) is 0 Å². The normalized spacial score (nSPS) is 27.2. The molecular formula is C7H9NO3. The SMILES string of the molecule is CN1C(=O)OC2(CCC2)C1=O. The number of carbonyl (C=O) groups is 2. The minimum absolute atomic E-state index is 0.172. The van der Waals surface area contributed by atoms with E-state index in [1.807, 2.05) is 0 Å². The summed E-state index contributed by atoms with van der Waals surface area (Å²) in [6.07, 6.45) is 1.87. The first-order valence-corrected chi connectivity index (χ1v) is 3.67. The Balaban J connectivity index is 2.27. The number of hydrogen-bond donors (Lipinski definition) is 0. The Labute approximate surface area is 64.1 Å². The molecule has 4 heteroatoms. The second kappa shape index (κ2) is 1.75. The van der Waals surface area contributed by atoms with Gasteiger partial charge in [-0.3, -0.25) is 4.79 Å². The third kappa shape index (κ3) is 0.640. The molecule has 1 saturated heterocycles. The largest absolute Gasteiger partial charge is 0.432 e. The highest BCUT2D eigenvalue weighted by molar-refractivity contribution is 6.03. The molecule has 2 rings (SSSR count). The van der Waals surface area contributed by atoms with Crippen LogP contribution in [0.25, 0.3) is 0 Å². The molecule has 0 N–H and O–H groups in total. The number of rotatable bonds is 0. The number of hydrogen-bond acceptors (Lipinski definition) is 3. The van der Waals surface area contributed by atoms with Crippen molar-refractivity contribution in [1.29, 1.82) is 0 Å². The summed E-state index contributed by atoms with van der Waals surface area (Å²) in [6.45, 7) is 0. The summed E-state index contributed by atoms with van der Waals surface area (Å²) in [5.41, 5.74) is -0.744. The van der Waals surface area contributed by atoms with Gasteiger partial charge >= 0.3 is 6.09 Å². The molecule has 0 aromatic carbocycles. The average molecular weight is 155 g/mol. The van der Waals surface area contributed by atoms with Crippen molar-refractivity contribution in [1.82, 2.24) is 4.90 Å². The van der Waals surface area contributed by atoms with Crippen LogP contribution in [0.4, 0.5) is 4.79 Å². The van der Waals surface area contributed by atoms with Crippen molar-refractivity contribution in [3.05, 3.63) is 0 Å². The summed E-state index contributed by atoms with van der Waals surface area (Å²) >= 11 is 0. The number of imide groups is 1. The zero-order valence-electron chi connectivity index (χ0n) is 6.29. The fourth-order valence-corrected chi connectivity index (χ4v) is 1.48. The van der Waals surface area contributed by atoms with Crippen molar-refractivity contribution in [2.75, 3.05) is 7.05 Å². The van der Waals surface area contributed by atoms with E-state index in [0.717, 1.165) is 11.3 Å². The molecule has 0 aromatic rings. The molecule has 1 aliphatic carbocycles. The van der Waals surface area contributed by atoms with Gasteiger partial charge in [0, 0.05) is 7.05 Å². The lowest BCUT2D eigenvalue weighted by molar-refractivity contribution is -0.142. The van der Waals surface area contributed by atoms with Crippen LogP contribution in [-0.4, -0.2) is 29.5 Å². The molecule has 0 bridgehead atoms. The van der Waals surface area contributed by atoms with Crippen LogP contribution >= 0.6 is 0 Å². The molecule has 0 atom stereocenters. The molecular weight excluding hydrogens is 146 g/mol. The Morgan fingerprint density at radius 2 is 2.09 bits per heavy atom. The van der Waals surface area contributed by atoms with Gasteiger partial charge in [0.15, 0.2) is 5.60 Å². The van der Waals surface area contributed by atoms with Gasteiger partial charge in [-0.05, 0) is 19.3 Å². The van der Waals surface area contributed by atoms with Crippen molar-refractivity contribution >= 4 is 12.0 Å². The van der Waals surface area contributed by atoms with Gasteiger partial charge in [0.1, 0.15) is 0 Å². The van der Waals surface area contributed by atoms with Crippen LogP contribution in [0.1, 0.15) is 19.3 Å². The monoisotopic (exact) mass is 155 g/mol. The van der Waals surface area contributed by atoms with Crippen molar-refractivity contribution < 1.29 is 14.3 Å². The van der Waals surface area contributed by atoms with Gasteiger partial charge < -0.3 is 4.74 Å². The summed E-state index contributed by atoms with van der Waals surface area (Å²) in [5, 5.41) is 0. The second-order valence-electron chi connectivity index (χ2n) is 3.08. The van der Waals surface area contributed by atoms with Gasteiger partial charge in [-0.15, -0.1) is 0 Å². The predicted molar refractivity (Wildman–Crippen MR) is 35.8 cm³/mol. The van der Waals surface area contributed by atoms with E-state index in [0.29, 0.717) is 12.8 Å². The van der Waals surface area contributed by atoms with Crippen LogP contribution in [-0.2, 0) is 9.53 Å². The molecule has 60 valence electrons. The first-order chi connectivity index (χ1) is 5.16. The maximum absolute atomic E-state index is 11.3. The van der Waals surface area contributed by atoms with Crippen LogP contribution in [0, 0.1) is 0 Å². The molecule has 1 saturated carbocycles. The second-order valence-corrected chi connectivity index (χ2v) is 3.08. The first kappa shape index (κ1) is 6.64. The predicted octanol–water partition coefficient (Wildman–Crippen LogP) is 0.518. The number of nitrogens with zero attached hydrogens (tertiary/aromatic N) is 1. The van der Waals surface area contributed by atoms with Gasteiger partial charge in [-0.1, -0.05) is 0 Å². The molecule has 0 unspecified atom stereocenters. The zero-order valence-corrected chi connectivity index (χ0v) is 6.29. The maximum atomic E-state index is 11.3. The lowest BCUT2D eigenvalue weighted by Crippen LogP contribution is -2.45. The Morgan fingerprint density at radius 1 is 1.45 bits per heavy atom. The summed E-state index contributed by atoms with van der Waals surface area (Å²) in [6, 6.07) is 0. The van der Waals surface area contributed by atoms with Crippen LogP contribution < -0.4 is 0 Å². The highest BCUT2D eigenvalue weighted by atomic mass is 16.6. The first-order valence-electron chi connectivity index (χ1n) is 3.67. The standard InChI is InChI=1S/C7H9NO3/c1-8-5(9)7(3-2-4-7)11-6(8)10/h2-4H2,1H3. The minimum Gasteiger partial charge on any atom is -0.432 e. The minimum atomic E-state index is -0.744. The highest BCUT2D eigenvalue weighted by Crippen LogP contribution is 2.41. The molecule has 2 amide bonds. The molecule has 0 radical (unpaired) electrons. The fraction of sp³-hybridized carbons (Fsp3) is 0.714. The maximum Gasteiger partial charge on any atom is 0.417 e. The molecule has 2 fully saturated rings.